The molecule has 0 amide bonds. The number of fused-ring (bicyclic) bond motifs is 1. The molecule has 0 bridgehead atoms. The van der Waals surface area contributed by atoms with Crippen LogP contribution in [0, 0.1) is 0 Å². The Labute approximate surface area is 136 Å². The second-order valence-electron chi connectivity index (χ2n) is 4.74. The molecule has 1 heterocycles. The highest BCUT2D eigenvalue weighted by molar-refractivity contribution is 7.92. The van der Waals surface area contributed by atoms with Gasteiger partial charge in [0, 0.05) is 6.07 Å². The molecule has 0 saturated heterocycles. The Bertz CT molecular complexity index is 1040. The van der Waals surface area contributed by atoms with Crippen LogP contribution < -0.4 is 15.1 Å². The number of sulfonamides is 1. The first-order chi connectivity index (χ1) is 10.9. The summed E-state index contributed by atoms with van der Waals surface area (Å²) in [6.07, 6.45) is 0. The van der Waals surface area contributed by atoms with Gasteiger partial charge >= 0.3 is 5.69 Å². The summed E-state index contributed by atoms with van der Waals surface area (Å²) in [6.45, 7) is 0. The minimum atomic E-state index is -3.92. The molecule has 120 valence electrons. The highest BCUT2D eigenvalue weighted by Gasteiger charge is 2.20. The Morgan fingerprint density at radius 1 is 1.13 bits per heavy atom. The number of nitrogens with one attached hydrogen (secondary N) is 3. The Kier molecular flexibility index (Phi) is 3.78. The van der Waals surface area contributed by atoms with Crippen molar-refractivity contribution >= 4 is 38.3 Å². The van der Waals surface area contributed by atoms with Crippen LogP contribution in [-0.2, 0) is 10.0 Å². The maximum Gasteiger partial charge on any atom is 0.323 e. The monoisotopic (exact) mass is 353 g/mol. The van der Waals surface area contributed by atoms with Crippen molar-refractivity contribution in [2.45, 2.75) is 4.90 Å². The number of imidazole rings is 1. The summed E-state index contributed by atoms with van der Waals surface area (Å²) in [5.74, 6) is 0.515. The molecule has 0 fully saturated rings. The van der Waals surface area contributed by atoms with Crippen molar-refractivity contribution in [3.05, 3.63) is 51.9 Å². The van der Waals surface area contributed by atoms with Crippen molar-refractivity contribution in [2.24, 2.45) is 0 Å². The fraction of sp³-hybridized carbons (Fsp3) is 0.0714. The van der Waals surface area contributed by atoms with Crippen LogP contribution in [-0.4, -0.2) is 25.5 Å². The van der Waals surface area contributed by atoms with Crippen molar-refractivity contribution in [3.63, 3.8) is 0 Å². The molecule has 0 spiro atoms. The molecule has 3 aromatic rings. The molecule has 1 aromatic heterocycles. The molecule has 23 heavy (non-hydrogen) atoms. The van der Waals surface area contributed by atoms with Gasteiger partial charge < -0.3 is 14.7 Å². The molecule has 3 N–H and O–H groups in total. The number of rotatable bonds is 4. The van der Waals surface area contributed by atoms with E-state index in [1.807, 2.05) is 0 Å². The standard InChI is InChI=1S/C14H12ClN3O4S/c1-22-9-4-2-3-8(5-9)18-23(20,21)13-7-12-11(6-10(13)15)16-14(19)17-12/h2-7,18H,1H3,(H2,16,17,19). The average Bonchev–Trinajstić information content (AvgIpc) is 2.85. The molecule has 7 nitrogen and oxygen atoms in total. The zero-order chi connectivity index (χ0) is 16.6. The zero-order valence-corrected chi connectivity index (χ0v) is 13.5. The number of anilines is 1. The largest absolute Gasteiger partial charge is 0.497 e. The first-order valence-electron chi connectivity index (χ1n) is 6.47. The molecule has 0 aliphatic rings. The molecule has 0 atom stereocenters. The smallest absolute Gasteiger partial charge is 0.323 e. The summed E-state index contributed by atoms with van der Waals surface area (Å²) in [4.78, 5) is 16.2. The molecular formula is C14H12ClN3O4S. The Balaban J connectivity index is 2.04. The summed E-state index contributed by atoms with van der Waals surface area (Å²) in [5, 5.41) is 0.00291. The average molecular weight is 354 g/mol. The van der Waals surface area contributed by atoms with E-state index in [9.17, 15) is 13.2 Å². The van der Waals surface area contributed by atoms with Gasteiger partial charge in [0.15, 0.2) is 0 Å². The van der Waals surface area contributed by atoms with Crippen LogP contribution in [0.2, 0.25) is 5.02 Å². The Morgan fingerprint density at radius 3 is 2.52 bits per heavy atom. The summed E-state index contributed by atoms with van der Waals surface area (Å²) < 4.78 is 32.5. The SMILES string of the molecule is COc1cccc(NS(=O)(=O)c2cc3[nH]c(=O)[nH]c3cc2Cl)c1. The van der Waals surface area contributed by atoms with Gasteiger partial charge in [-0.05, 0) is 24.3 Å². The lowest BCUT2D eigenvalue weighted by molar-refractivity contribution is 0.415. The minimum absolute atomic E-state index is 0.00291. The summed E-state index contributed by atoms with van der Waals surface area (Å²) in [5.41, 5.74) is 0.681. The predicted octanol–water partition coefficient (Wildman–Crippen LogP) is 2.32. The van der Waals surface area contributed by atoms with Crippen LogP contribution in [0.4, 0.5) is 5.69 Å². The van der Waals surface area contributed by atoms with Crippen molar-refractivity contribution < 1.29 is 13.2 Å². The van der Waals surface area contributed by atoms with E-state index in [4.69, 9.17) is 16.3 Å². The van der Waals surface area contributed by atoms with Gasteiger partial charge in [-0.15, -0.1) is 0 Å². The van der Waals surface area contributed by atoms with Crippen LogP contribution in [0.15, 0.2) is 46.1 Å². The van der Waals surface area contributed by atoms with Crippen LogP contribution in [0.3, 0.4) is 0 Å². The van der Waals surface area contributed by atoms with Crippen molar-refractivity contribution in [2.75, 3.05) is 11.8 Å². The summed E-state index contributed by atoms with van der Waals surface area (Å²) in [6, 6.07) is 9.17. The molecule has 0 aliphatic heterocycles. The maximum absolute atomic E-state index is 12.5. The van der Waals surface area contributed by atoms with E-state index in [-0.39, 0.29) is 9.92 Å². The number of hydrogen-bond acceptors (Lipinski definition) is 4. The van der Waals surface area contributed by atoms with E-state index in [1.54, 1.807) is 24.3 Å². The number of methoxy groups -OCH3 is 1. The van der Waals surface area contributed by atoms with Gasteiger partial charge in [-0.1, -0.05) is 17.7 Å². The molecule has 2 aromatic carbocycles. The number of aromatic nitrogens is 2. The highest BCUT2D eigenvalue weighted by atomic mass is 35.5. The second-order valence-corrected chi connectivity index (χ2v) is 6.80. The van der Waals surface area contributed by atoms with E-state index in [0.29, 0.717) is 22.5 Å². The van der Waals surface area contributed by atoms with Gasteiger partial charge in [0.2, 0.25) is 0 Å². The third kappa shape index (κ3) is 3.03. The third-order valence-electron chi connectivity index (χ3n) is 3.18. The van der Waals surface area contributed by atoms with Gasteiger partial charge in [0.1, 0.15) is 10.6 Å². The van der Waals surface area contributed by atoms with Gasteiger partial charge in [-0.2, -0.15) is 0 Å². The minimum Gasteiger partial charge on any atom is -0.497 e. The summed E-state index contributed by atoms with van der Waals surface area (Å²) in [7, 11) is -2.44. The van der Waals surface area contributed by atoms with Crippen molar-refractivity contribution in [1.82, 2.24) is 9.97 Å². The van der Waals surface area contributed by atoms with Crippen LogP contribution >= 0.6 is 11.6 Å². The third-order valence-corrected chi connectivity index (χ3v) is 5.03. The Hall–Kier alpha value is -2.45. The summed E-state index contributed by atoms with van der Waals surface area (Å²) >= 11 is 6.04. The van der Waals surface area contributed by atoms with Gasteiger partial charge in [-0.25, -0.2) is 13.2 Å². The molecule has 3 rings (SSSR count). The van der Waals surface area contributed by atoms with E-state index in [0.717, 1.165) is 0 Å². The molecule has 0 radical (unpaired) electrons. The predicted molar refractivity (Wildman–Crippen MR) is 87.7 cm³/mol. The second kappa shape index (κ2) is 5.64. The molecular weight excluding hydrogens is 342 g/mol. The van der Waals surface area contributed by atoms with Gasteiger partial charge in [0.05, 0.1) is 28.9 Å². The van der Waals surface area contributed by atoms with E-state index < -0.39 is 15.7 Å². The number of H-pyrrole nitrogens is 2. The number of hydrogen-bond donors (Lipinski definition) is 3. The highest BCUT2D eigenvalue weighted by Crippen LogP contribution is 2.28. The topological polar surface area (TPSA) is 104 Å². The first kappa shape index (κ1) is 15.4. The number of ether oxygens (including phenoxy) is 1. The lowest BCUT2D eigenvalue weighted by Gasteiger charge is -2.10. The lowest BCUT2D eigenvalue weighted by Crippen LogP contribution is -2.13. The van der Waals surface area contributed by atoms with Crippen LogP contribution in [0.5, 0.6) is 5.75 Å². The fourth-order valence-electron chi connectivity index (χ4n) is 2.14. The van der Waals surface area contributed by atoms with E-state index >= 15 is 0 Å². The fourth-order valence-corrected chi connectivity index (χ4v) is 3.74. The Morgan fingerprint density at radius 2 is 1.83 bits per heavy atom. The normalized spacial score (nSPS) is 11.6. The first-order valence-corrected chi connectivity index (χ1v) is 8.33. The molecule has 0 aliphatic carbocycles. The molecule has 9 heteroatoms. The van der Waals surface area contributed by atoms with Crippen molar-refractivity contribution in [1.29, 1.82) is 0 Å². The zero-order valence-electron chi connectivity index (χ0n) is 11.9. The molecule has 0 saturated carbocycles. The van der Waals surface area contributed by atoms with Crippen molar-refractivity contribution in [3.8, 4) is 5.75 Å². The van der Waals surface area contributed by atoms with Gasteiger partial charge in [-0.3, -0.25) is 4.72 Å². The maximum atomic E-state index is 12.5. The lowest BCUT2D eigenvalue weighted by atomic mass is 10.3. The van der Waals surface area contributed by atoms with Crippen LogP contribution in [0.25, 0.3) is 11.0 Å². The quantitative estimate of drug-likeness (QED) is 0.669. The van der Waals surface area contributed by atoms with E-state index in [1.165, 1.54) is 19.2 Å². The van der Waals surface area contributed by atoms with Gasteiger partial charge in [0.25, 0.3) is 10.0 Å². The number of benzene rings is 2. The van der Waals surface area contributed by atoms with E-state index in [2.05, 4.69) is 14.7 Å². The molecule has 0 unspecified atom stereocenters. The number of halogens is 1. The number of aromatic amines is 2. The van der Waals surface area contributed by atoms with Crippen LogP contribution in [0.1, 0.15) is 0 Å².